The Morgan fingerprint density at radius 3 is 2.97 bits per heavy atom. The van der Waals surface area contributed by atoms with Crippen LogP contribution in [0.25, 0.3) is 11.0 Å². The Bertz CT molecular complexity index is 1040. The summed E-state index contributed by atoms with van der Waals surface area (Å²) in [5, 5.41) is 2.97. The van der Waals surface area contributed by atoms with Gasteiger partial charge in [0.25, 0.3) is 5.91 Å². The molecule has 2 amide bonds. The van der Waals surface area contributed by atoms with E-state index in [-0.39, 0.29) is 17.7 Å². The van der Waals surface area contributed by atoms with Gasteiger partial charge in [-0.15, -0.1) is 0 Å². The van der Waals surface area contributed by atoms with Gasteiger partial charge in [-0.1, -0.05) is 0 Å². The number of benzene rings is 1. The number of hydrogen-bond donors (Lipinski definition) is 1. The summed E-state index contributed by atoms with van der Waals surface area (Å²) < 4.78 is 7.20. The molecule has 1 aromatic carbocycles. The number of hydrogen-bond acceptors (Lipinski definition) is 5. The van der Waals surface area contributed by atoms with Crippen molar-refractivity contribution in [1.29, 1.82) is 0 Å². The average molecular weight is 395 g/mol. The summed E-state index contributed by atoms with van der Waals surface area (Å²) in [7, 11) is 0. The summed E-state index contributed by atoms with van der Waals surface area (Å²) in [6.45, 7) is 5.87. The number of likely N-dealkylation sites (tertiary alicyclic amines) is 1. The van der Waals surface area contributed by atoms with E-state index in [4.69, 9.17) is 4.42 Å². The third-order valence-electron chi connectivity index (χ3n) is 5.36. The van der Waals surface area contributed by atoms with Crippen LogP contribution in [-0.4, -0.2) is 44.3 Å². The molecule has 0 spiro atoms. The van der Waals surface area contributed by atoms with Crippen LogP contribution in [0.15, 0.2) is 35.2 Å². The van der Waals surface area contributed by atoms with Gasteiger partial charge in [0, 0.05) is 38.7 Å². The topological polar surface area (TPSA) is 93.3 Å². The van der Waals surface area contributed by atoms with E-state index in [0.717, 1.165) is 36.1 Å². The first kappa shape index (κ1) is 19.2. The lowest BCUT2D eigenvalue weighted by atomic mass is 9.94. The van der Waals surface area contributed by atoms with Gasteiger partial charge in [-0.3, -0.25) is 9.59 Å². The lowest BCUT2D eigenvalue weighted by Gasteiger charge is -2.32. The number of rotatable bonds is 5. The fourth-order valence-electron chi connectivity index (χ4n) is 3.91. The minimum Gasteiger partial charge on any atom is -0.448 e. The summed E-state index contributed by atoms with van der Waals surface area (Å²) in [4.78, 5) is 35.4. The van der Waals surface area contributed by atoms with Crippen LogP contribution in [0.3, 0.4) is 0 Å². The normalized spacial score (nSPS) is 16.9. The van der Waals surface area contributed by atoms with Crippen LogP contribution in [0, 0.1) is 12.8 Å². The zero-order chi connectivity index (χ0) is 20.4. The highest BCUT2D eigenvalue weighted by Gasteiger charge is 2.27. The Morgan fingerprint density at radius 1 is 1.34 bits per heavy atom. The van der Waals surface area contributed by atoms with Crippen molar-refractivity contribution in [3.63, 3.8) is 0 Å². The van der Waals surface area contributed by atoms with Crippen molar-refractivity contribution in [2.24, 2.45) is 5.92 Å². The van der Waals surface area contributed by atoms with E-state index in [1.165, 1.54) is 6.26 Å². The zero-order valence-corrected chi connectivity index (χ0v) is 16.7. The number of carbonyl (C=O) groups excluding carboxylic acids is 2. The average Bonchev–Trinajstić information content (AvgIpc) is 3.33. The van der Waals surface area contributed by atoms with Crippen LogP contribution in [-0.2, 0) is 11.3 Å². The molecule has 0 aliphatic carbocycles. The fraction of sp³-hybridized carbons (Fsp3) is 0.429. The Hall–Kier alpha value is -3.16. The Labute approximate surface area is 168 Å². The predicted octanol–water partition coefficient (Wildman–Crippen LogP) is 3.23. The molecule has 29 heavy (non-hydrogen) atoms. The van der Waals surface area contributed by atoms with E-state index in [1.54, 1.807) is 18.2 Å². The maximum Gasteiger partial charge on any atom is 0.275 e. The van der Waals surface area contributed by atoms with Gasteiger partial charge in [-0.25, -0.2) is 9.97 Å². The summed E-state index contributed by atoms with van der Waals surface area (Å²) in [6.07, 6.45) is 5.38. The monoisotopic (exact) mass is 395 g/mol. The SMILES string of the molecule is CCn1cnc2cc(NC(=O)C[C@H]3CCCN(C(=O)c4coc(C)n4)C3)ccc21. The molecule has 1 fully saturated rings. The summed E-state index contributed by atoms with van der Waals surface area (Å²) in [5.41, 5.74) is 2.98. The van der Waals surface area contributed by atoms with Crippen LogP contribution < -0.4 is 5.32 Å². The number of amides is 2. The van der Waals surface area contributed by atoms with Gasteiger partial charge in [0.15, 0.2) is 11.6 Å². The van der Waals surface area contributed by atoms with Crippen LogP contribution in [0.4, 0.5) is 5.69 Å². The van der Waals surface area contributed by atoms with Crippen LogP contribution >= 0.6 is 0 Å². The quantitative estimate of drug-likeness (QED) is 0.716. The van der Waals surface area contributed by atoms with Gasteiger partial charge < -0.3 is 19.2 Å². The number of aryl methyl sites for hydroxylation is 2. The van der Waals surface area contributed by atoms with Gasteiger partial charge >= 0.3 is 0 Å². The van der Waals surface area contributed by atoms with Crippen molar-refractivity contribution in [3.05, 3.63) is 42.4 Å². The van der Waals surface area contributed by atoms with Crippen molar-refractivity contribution in [3.8, 4) is 0 Å². The van der Waals surface area contributed by atoms with E-state index in [2.05, 4.69) is 26.8 Å². The van der Waals surface area contributed by atoms with Gasteiger partial charge in [0.1, 0.15) is 6.26 Å². The summed E-state index contributed by atoms with van der Waals surface area (Å²) in [5.74, 6) is 0.422. The van der Waals surface area contributed by atoms with Crippen LogP contribution in [0.1, 0.15) is 42.6 Å². The lowest BCUT2D eigenvalue weighted by molar-refractivity contribution is -0.117. The van der Waals surface area contributed by atoms with E-state index in [1.807, 2.05) is 18.2 Å². The second-order valence-electron chi connectivity index (χ2n) is 7.50. The third-order valence-corrected chi connectivity index (χ3v) is 5.36. The molecule has 0 bridgehead atoms. The Morgan fingerprint density at radius 2 is 2.21 bits per heavy atom. The molecule has 3 aromatic rings. The lowest BCUT2D eigenvalue weighted by Crippen LogP contribution is -2.41. The number of nitrogens with one attached hydrogen (secondary N) is 1. The number of piperidine rings is 1. The number of oxazole rings is 1. The molecule has 1 aliphatic rings. The number of nitrogens with zero attached hydrogens (tertiary/aromatic N) is 4. The molecule has 8 heteroatoms. The molecular weight excluding hydrogens is 370 g/mol. The highest BCUT2D eigenvalue weighted by Crippen LogP contribution is 2.23. The predicted molar refractivity (Wildman–Crippen MR) is 109 cm³/mol. The molecule has 2 aromatic heterocycles. The fourth-order valence-corrected chi connectivity index (χ4v) is 3.91. The van der Waals surface area contributed by atoms with Gasteiger partial charge in [-0.05, 0) is 43.9 Å². The number of carbonyl (C=O) groups is 2. The minimum atomic E-state index is -0.135. The first-order valence-corrected chi connectivity index (χ1v) is 9.99. The first-order valence-electron chi connectivity index (χ1n) is 9.99. The summed E-state index contributed by atoms with van der Waals surface area (Å²) in [6, 6.07) is 5.77. The van der Waals surface area contributed by atoms with Crippen molar-refractivity contribution >= 4 is 28.5 Å². The molecule has 4 rings (SSSR count). The van der Waals surface area contributed by atoms with Crippen LogP contribution in [0.2, 0.25) is 0 Å². The smallest absolute Gasteiger partial charge is 0.275 e. The number of aromatic nitrogens is 3. The van der Waals surface area contributed by atoms with Gasteiger partial charge in [-0.2, -0.15) is 0 Å². The molecular formula is C21H25N5O3. The largest absolute Gasteiger partial charge is 0.448 e. The van der Waals surface area contributed by atoms with Crippen molar-refractivity contribution in [2.75, 3.05) is 18.4 Å². The molecule has 0 saturated carbocycles. The molecule has 0 radical (unpaired) electrons. The Balaban J connectivity index is 1.36. The van der Waals surface area contributed by atoms with Gasteiger partial charge in [0.05, 0.1) is 17.4 Å². The molecule has 1 aliphatic heterocycles. The van der Waals surface area contributed by atoms with Gasteiger partial charge in [0.2, 0.25) is 5.91 Å². The maximum atomic E-state index is 12.6. The van der Waals surface area contributed by atoms with E-state index in [9.17, 15) is 9.59 Å². The van der Waals surface area contributed by atoms with Crippen molar-refractivity contribution in [1.82, 2.24) is 19.4 Å². The highest BCUT2D eigenvalue weighted by atomic mass is 16.3. The first-order chi connectivity index (χ1) is 14.0. The van der Waals surface area contributed by atoms with E-state index in [0.29, 0.717) is 31.1 Å². The number of fused-ring (bicyclic) bond motifs is 1. The van der Waals surface area contributed by atoms with E-state index >= 15 is 0 Å². The number of imidazole rings is 1. The standard InChI is InChI=1S/C21H25N5O3/c1-3-25-13-22-17-10-16(6-7-19(17)25)24-20(27)9-15-5-4-8-26(11-15)21(28)18-12-29-14(2)23-18/h6-7,10,12-13,15H,3-5,8-9,11H2,1-2H3,(H,24,27)/t15-/m1/s1. The van der Waals surface area contributed by atoms with Crippen molar-refractivity contribution in [2.45, 2.75) is 39.7 Å². The third kappa shape index (κ3) is 4.16. The molecule has 1 N–H and O–H groups in total. The van der Waals surface area contributed by atoms with E-state index < -0.39 is 0 Å². The zero-order valence-electron chi connectivity index (χ0n) is 16.7. The second-order valence-corrected chi connectivity index (χ2v) is 7.50. The maximum absolute atomic E-state index is 12.6. The summed E-state index contributed by atoms with van der Waals surface area (Å²) >= 11 is 0. The second kappa shape index (κ2) is 8.06. The molecule has 3 heterocycles. The van der Waals surface area contributed by atoms with Crippen LogP contribution in [0.5, 0.6) is 0 Å². The minimum absolute atomic E-state index is 0.0455. The van der Waals surface area contributed by atoms with Crippen molar-refractivity contribution < 1.29 is 14.0 Å². The molecule has 0 unspecified atom stereocenters. The Kier molecular flexibility index (Phi) is 5.33. The molecule has 152 valence electrons. The molecule has 1 atom stereocenters. The number of anilines is 1. The molecule has 1 saturated heterocycles. The molecule has 8 nitrogen and oxygen atoms in total. The highest BCUT2D eigenvalue weighted by molar-refractivity contribution is 5.94.